The van der Waals surface area contributed by atoms with Gasteiger partial charge in [-0.25, -0.2) is 9.59 Å². The molecule has 8 nitrogen and oxygen atoms in total. The topological polar surface area (TPSA) is 103 Å². The van der Waals surface area contributed by atoms with Crippen LogP contribution in [-0.2, 0) is 19.0 Å². The van der Waals surface area contributed by atoms with Crippen molar-refractivity contribution in [1.29, 1.82) is 0 Å². The van der Waals surface area contributed by atoms with Crippen molar-refractivity contribution in [2.45, 2.75) is 45.6 Å². The molecule has 0 radical (unpaired) electrons. The summed E-state index contributed by atoms with van der Waals surface area (Å²) in [7, 11) is 1.46. The molecule has 1 rings (SSSR count). The highest BCUT2D eigenvalue weighted by Crippen LogP contribution is 2.23. The third-order valence-electron chi connectivity index (χ3n) is 3.53. The Bertz CT molecular complexity index is 575. The molecule has 0 heterocycles. The number of carbonyl (C=O) groups excluding carboxylic acids is 1. The van der Waals surface area contributed by atoms with Crippen LogP contribution in [0.15, 0.2) is 24.3 Å². The SMILES string of the molecule is CCCCOC(=O)NC(C(=O)O)c1ccc(OC(C)(OC)OCC)cc1. The Labute approximate surface area is 153 Å². The zero-order chi connectivity index (χ0) is 19.6. The number of alkyl carbamates (subject to hydrolysis) is 1. The summed E-state index contributed by atoms with van der Waals surface area (Å²) in [5.74, 6) is -2.01. The first kappa shape index (κ1) is 21.7. The Morgan fingerprint density at radius 1 is 1.23 bits per heavy atom. The molecule has 0 aliphatic carbocycles. The number of hydrogen-bond donors (Lipinski definition) is 2. The van der Waals surface area contributed by atoms with E-state index in [4.69, 9.17) is 18.9 Å². The Morgan fingerprint density at radius 3 is 2.38 bits per heavy atom. The number of ether oxygens (including phenoxy) is 4. The minimum Gasteiger partial charge on any atom is -0.479 e. The third-order valence-corrected chi connectivity index (χ3v) is 3.53. The van der Waals surface area contributed by atoms with Crippen molar-refractivity contribution in [2.24, 2.45) is 0 Å². The second-order valence-corrected chi connectivity index (χ2v) is 5.58. The van der Waals surface area contributed by atoms with E-state index in [1.807, 2.05) is 13.8 Å². The van der Waals surface area contributed by atoms with E-state index in [0.717, 1.165) is 12.8 Å². The number of benzene rings is 1. The quantitative estimate of drug-likeness (QED) is 0.456. The summed E-state index contributed by atoms with van der Waals surface area (Å²) >= 11 is 0. The lowest BCUT2D eigenvalue weighted by molar-refractivity contribution is -0.319. The fourth-order valence-corrected chi connectivity index (χ4v) is 2.09. The highest BCUT2D eigenvalue weighted by Gasteiger charge is 2.27. The highest BCUT2D eigenvalue weighted by atomic mass is 16.9. The first-order chi connectivity index (χ1) is 12.3. The van der Waals surface area contributed by atoms with E-state index in [1.54, 1.807) is 31.2 Å². The molecule has 0 aliphatic rings. The molecule has 2 unspecified atom stereocenters. The summed E-state index contributed by atoms with van der Waals surface area (Å²) in [5.41, 5.74) is 0.382. The van der Waals surface area contributed by atoms with Gasteiger partial charge in [-0.2, -0.15) is 0 Å². The molecule has 0 saturated carbocycles. The standard InChI is InChI=1S/C18H27NO7/c1-5-7-12-24-17(22)19-15(16(20)21)13-8-10-14(11-9-13)26-18(3,23-4)25-6-2/h8-11,15H,5-7,12H2,1-4H3,(H,19,22)(H,20,21). The van der Waals surface area contributed by atoms with Crippen LogP contribution in [0.2, 0.25) is 0 Å². The third kappa shape index (κ3) is 6.89. The number of carboxylic acid groups (broad SMARTS) is 1. The summed E-state index contributed by atoms with van der Waals surface area (Å²) in [6.45, 7) is 6.04. The minimum absolute atomic E-state index is 0.245. The predicted octanol–water partition coefficient (Wildman–Crippen LogP) is 3.07. The van der Waals surface area contributed by atoms with Gasteiger partial charge in [-0.15, -0.1) is 0 Å². The molecule has 0 saturated heterocycles. The molecular weight excluding hydrogens is 342 g/mol. The highest BCUT2D eigenvalue weighted by molar-refractivity contribution is 5.81. The summed E-state index contributed by atoms with van der Waals surface area (Å²) in [5, 5.41) is 11.7. The summed E-state index contributed by atoms with van der Waals surface area (Å²) < 4.78 is 21.1. The predicted molar refractivity (Wildman–Crippen MR) is 93.9 cm³/mol. The maximum absolute atomic E-state index is 11.7. The van der Waals surface area contributed by atoms with Crippen molar-refractivity contribution in [3.8, 4) is 5.75 Å². The molecule has 26 heavy (non-hydrogen) atoms. The van der Waals surface area contributed by atoms with Crippen LogP contribution in [0, 0.1) is 0 Å². The van der Waals surface area contributed by atoms with Gasteiger partial charge >= 0.3 is 18.0 Å². The van der Waals surface area contributed by atoms with Crippen LogP contribution in [0.3, 0.4) is 0 Å². The molecule has 0 bridgehead atoms. The van der Waals surface area contributed by atoms with Crippen LogP contribution in [-0.4, -0.2) is 43.5 Å². The number of nitrogens with one attached hydrogen (secondary N) is 1. The molecule has 146 valence electrons. The number of hydrogen-bond acceptors (Lipinski definition) is 6. The second-order valence-electron chi connectivity index (χ2n) is 5.58. The van der Waals surface area contributed by atoms with E-state index in [9.17, 15) is 14.7 Å². The van der Waals surface area contributed by atoms with E-state index >= 15 is 0 Å². The van der Waals surface area contributed by atoms with Crippen LogP contribution < -0.4 is 10.1 Å². The average molecular weight is 369 g/mol. The number of amides is 1. The van der Waals surface area contributed by atoms with Crippen LogP contribution in [0.1, 0.15) is 45.2 Å². The van der Waals surface area contributed by atoms with E-state index < -0.39 is 24.1 Å². The van der Waals surface area contributed by atoms with Gasteiger partial charge in [-0.3, -0.25) is 0 Å². The first-order valence-corrected chi connectivity index (χ1v) is 8.49. The van der Waals surface area contributed by atoms with Crippen molar-refractivity contribution in [2.75, 3.05) is 20.3 Å². The normalized spacial score (nSPS) is 14.2. The fraction of sp³-hybridized carbons (Fsp3) is 0.556. The Hall–Kier alpha value is -2.32. The van der Waals surface area contributed by atoms with Crippen LogP contribution >= 0.6 is 0 Å². The maximum atomic E-state index is 11.7. The lowest BCUT2D eigenvalue weighted by Gasteiger charge is -2.28. The smallest absolute Gasteiger partial charge is 0.408 e. The van der Waals surface area contributed by atoms with Gasteiger partial charge in [0.2, 0.25) is 0 Å². The van der Waals surface area contributed by atoms with Crippen molar-refractivity contribution in [1.82, 2.24) is 5.32 Å². The van der Waals surface area contributed by atoms with Crippen LogP contribution in [0.4, 0.5) is 4.79 Å². The van der Waals surface area contributed by atoms with E-state index in [1.165, 1.54) is 7.11 Å². The van der Waals surface area contributed by atoms with Gasteiger partial charge in [0.05, 0.1) is 13.2 Å². The monoisotopic (exact) mass is 369 g/mol. The van der Waals surface area contributed by atoms with Crippen LogP contribution in [0.25, 0.3) is 0 Å². The molecule has 2 N–H and O–H groups in total. The minimum atomic E-state index is -1.25. The number of carboxylic acids is 1. The zero-order valence-corrected chi connectivity index (χ0v) is 15.6. The summed E-state index contributed by atoms with van der Waals surface area (Å²) in [6.07, 6.45) is 0.823. The molecule has 8 heteroatoms. The van der Waals surface area contributed by atoms with Crippen molar-refractivity contribution in [3.05, 3.63) is 29.8 Å². The number of methoxy groups -OCH3 is 1. The van der Waals surface area contributed by atoms with Gasteiger partial charge in [0.1, 0.15) is 5.75 Å². The largest absolute Gasteiger partial charge is 0.479 e. The fourth-order valence-electron chi connectivity index (χ4n) is 2.09. The van der Waals surface area contributed by atoms with Gasteiger partial charge in [-0.1, -0.05) is 25.5 Å². The molecule has 1 amide bonds. The molecule has 1 aromatic carbocycles. The maximum Gasteiger partial charge on any atom is 0.408 e. The molecule has 0 spiro atoms. The lowest BCUT2D eigenvalue weighted by atomic mass is 10.1. The molecule has 0 aliphatic heterocycles. The van der Waals surface area contributed by atoms with E-state index in [0.29, 0.717) is 17.9 Å². The Morgan fingerprint density at radius 2 is 1.88 bits per heavy atom. The van der Waals surface area contributed by atoms with E-state index in [-0.39, 0.29) is 6.61 Å². The summed E-state index contributed by atoms with van der Waals surface area (Å²) in [6, 6.07) is 5.02. The van der Waals surface area contributed by atoms with Gasteiger partial charge in [0.25, 0.3) is 0 Å². The molecule has 2 atom stereocenters. The number of carbonyl (C=O) groups is 2. The number of aliphatic carboxylic acids is 1. The van der Waals surface area contributed by atoms with Gasteiger partial charge in [-0.05, 0) is 31.0 Å². The summed E-state index contributed by atoms with van der Waals surface area (Å²) in [4.78, 5) is 23.2. The van der Waals surface area contributed by atoms with Gasteiger partial charge in [0, 0.05) is 14.0 Å². The lowest BCUT2D eigenvalue weighted by Crippen LogP contribution is -2.38. The second kappa shape index (κ2) is 10.6. The number of unbranched alkanes of at least 4 members (excludes halogenated alkanes) is 1. The molecule has 1 aromatic rings. The number of rotatable bonds is 11. The van der Waals surface area contributed by atoms with Crippen molar-refractivity contribution >= 4 is 12.1 Å². The Kier molecular flexibility index (Phi) is 8.87. The zero-order valence-electron chi connectivity index (χ0n) is 15.6. The molecule has 0 fully saturated rings. The van der Waals surface area contributed by atoms with Gasteiger partial charge < -0.3 is 29.4 Å². The molecular formula is C18H27NO7. The average Bonchev–Trinajstić information content (AvgIpc) is 2.61. The van der Waals surface area contributed by atoms with Crippen molar-refractivity contribution in [3.63, 3.8) is 0 Å². The Balaban J connectivity index is 2.79. The van der Waals surface area contributed by atoms with Crippen molar-refractivity contribution < 1.29 is 33.6 Å². The van der Waals surface area contributed by atoms with Gasteiger partial charge in [0.15, 0.2) is 6.04 Å². The first-order valence-electron chi connectivity index (χ1n) is 8.49. The molecule has 0 aromatic heterocycles. The van der Waals surface area contributed by atoms with E-state index in [2.05, 4.69) is 5.32 Å². The van der Waals surface area contributed by atoms with Crippen LogP contribution in [0.5, 0.6) is 5.75 Å².